The molecule has 3 rings (SSSR count). The van der Waals surface area contributed by atoms with E-state index in [-0.39, 0.29) is 6.42 Å². The molecule has 0 radical (unpaired) electrons. The SMILES string of the molecule is COC(=O)C1Cc2ccc(I)cc2N(S(=O)(=O)c2cccc(C(F)(F)F)c2)C1C. The summed E-state index contributed by atoms with van der Waals surface area (Å²) < 4.78 is 72.8. The third-order valence-corrected chi connectivity index (χ3v) is 7.47. The van der Waals surface area contributed by atoms with Crippen LogP contribution in [0.1, 0.15) is 18.1 Å². The van der Waals surface area contributed by atoms with Crippen molar-refractivity contribution < 1.29 is 31.1 Å². The summed E-state index contributed by atoms with van der Waals surface area (Å²) in [4.78, 5) is 11.8. The predicted octanol–water partition coefficient (Wildman–Crippen LogP) is 4.24. The summed E-state index contributed by atoms with van der Waals surface area (Å²) in [5, 5.41) is 0. The standard InChI is InChI=1S/C19H17F3INO4S/c1-11-16(18(25)28-2)8-12-6-7-14(23)10-17(12)24(11)29(26,27)15-5-3-4-13(9-15)19(20,21)22/h3-7,9-11,16H,8H2,1-2H3. The molecule has 2 aromatic carbocycles. The molecule has 0 aromatic heterocycles. The van der Waals surface area contributed by atoms with Crippen molar-refractivity contribution in [3.63, 3.8) is 0 Å². The van der Waals surface area contributed by atoms with E-state index >= 15 is 0 Å². The largest absolute Gasteiger partial charge is 0.469 e. The van der Waals surface area contributed by atoms with Crippen molar-refractivity contribution >= 4 is 44.3 Å². The second-order valence-corrected chi connectivity index (χ2v) is 9.73. The number of hydrogen-bond acceptors (Lipinski definition) is 4. The van der Waals surface area contributed by atoms with Crippen LogP contribution in [0.5, 0.6) is 0 Å². The normalized spacial score (nSPS) is 19.6. The van der Waals surface area contributed by atoms with Gasteiger partial charge >= 0.3 is 12.1 Å². The molecule has 1 aliphatic rings. The molecule has 156 valence electrons. The van der Waals surface area contributed by atoms with E-state index in [0.29, 0.717) is 17.3 Å². The third kappa shape index (κ3) is 4.09. The van der Waals surface area contributed by atoms with Gasteiger partial charge < -0.3 is 4.74 Å². The van der Waals surface area contributed by atoms with E-state index in [1.54, 1.807) is 25.1 Å². The smallest absolute Gasteiger partial charge is 0.416 e. The number of nitrogens with zero attached hydrogens (tertiary/aromatic N) is 1. The van der Waals surface area contributed by atoms with Gasteiger partial charge in [-0.2, -0.15) is 13.2 Å². The van der Waals surface area contributed by atoms with E-state index in [1.807, 2.05) is 22.6 Å². The molecule has 2 aromatic rings. The predicted molar refractivity (Wildman–Crippen MR) is 109 cm³/mol. The Balaban J connectivity index is 2.19. The van der Waals surface area contributed by atoms with Crippen LogP contribution in [0.15, 0.2) is 47.4 Å². The summed E-state index contributed by atoms with van der Waals surface area (Å²) in [7, 11) is -3.16. The van der Waals surface area contributed by atoms with Crippen LogP contribution >= 0.6 is 22.6 Å². The Hall–Kier alpha value is -1.82. The molecule has 0 saturated carbocycles. The number of benzene rings is 2. The van der Waals surface area contributed by atoms with Gasteiger partial charge in [0.2, 0.25) is 0 Å². The summed E-state index contributed by atoms with van der Waals surface area (Å²) in [6.45, 7) is 1.55. The van der Waals surface area contributed by atoms with Crippen molar-refractivity contribution in [2.24, 2.45) is 5.92 Å². The van der Waals surface area contributed by atoms with Gasteiger partial charge in [-0.05, 0) is 71.8 Å². The van der Waals surface area contributed by atoms with Crippen LogP contribution in [0.25, 0.3) is 0 Å². The van der Waals surface area contributed by atoms with Crippen molar-refractivity contribution in [3.05, 3.63) is 57.2 Å². The topological polar surface area (TPSA) is 63.7 Å². The Morgan fingerprint density at radius 3 is 2.52 bits per heavy atom. The van der Waals surface area contributed by atoms with E-state index in [0.717, 1.165) is 26.1 Å². The zero-order valence-electron chi connectivity index (χ0n) is 15.4. The molecule has 0 spiro atoms. The highest BCUT2D eigenvalue weighted by Gasteiger charge is 2.43. The van der Waals surface area contributed by atoms with E-state index in [4.69, 9.17) is 4.74 Å². The fraction of sp³-hybridized carbons (Fsp3) is 0.316. The van der Waals surface area contributed by atoms with Gasteiger partial charge in [0.25, 0.3) is 10.0 Å². The maximum absolute atomic E-state index is 13.4. The molecular formula is C19H17F3INO4S. The Bertz CT molecular complexity index is 1060. The molecule has 1 heterocycles. The molecule has 10 heteroatoms. The van der Waals surface area contributed by atoms with Gasteiger partial charge in [-0.1, -0.05) is 12.1 Å². The van der Waals surface area contributed by atoms with Crippen LogP contribution < -0.4 is 4.31 Å². The summed E-state index contributed by atoms with van der Waals surface area (Å²) in [5.41, 5.74) is -0.105. The zero-order chi connectivity index (χ0) is 21.6. The third-order valence-electron chi connectivity index (χ3n) is 4.90. The summed E-state index contributed by atoms with van der Waals surface area (Å²) >= 11 is 2.03. The summed E-state index contributed by atoms with van der Waals surface area (Å²) in [6, 6.07) is 7.89. The Kier molecular flexibility index (Phi) is 5.87. The minimum atomic E-state index is -4.68. The lowest BCUT2D eigenvalue weighted by Crippen LogP contribution is -2.49. The van der Waals surface area contributed by atoms with E-state index < -0.39 is 44.6 Å². The molecule has 29 heavy (non-hydrogen) atoms. The summed E-state index contributed by atoms with van der Waals surface area (Å²) in [6.07, 6.45) is -4.41. The first kappa shape index (κ1) is 21.9. The second kappa shape index (κ2) is 7.78. The van der Waals surface area contributed by atoms with Crippen LogP contribution in [0.2, 0.25) is 0 Å². The number of carbonyl (C=O) groups excluding carboxylic acids is 1. The molecule has 0 saturated heterocycles. The maximum Gasteiger partial charge on any atom is 0.416 e. The number of ether oxygens (including phenoxy) is 1. The quantitative estimate of drug-likeness (QED) is 0.433. The number of hydrogen-bond donors (Lipinski definition) is 0. The van der Waals surface area contributed by atoms with E-state index in [9.17, 15) is 26.4 Å². The van der Waals surface area contributed by atoms with Gasteiger partial charge in [-0.25, -0.2) is 8.42 Å². The van der Waals surface area contributed by atoms with Gasteiger partial charge in [0.15, 0.2) is 0 Å². The van der Waals surface area contributed by atoms with Gasteiger partial charge in [0.1, 0.15) is 0 Å². The number of esters is 1. The molecule has 2 unspecified atom stereocenters. The second-order valence-electron chi connectivity index (χ2n) is 6.67. The summed E-state index contributed by atoms with van der Waals surface area (Å²) in [5.74, 6) is -1.36. The van der Waals surface area contributed by atoms with E-state index in [2.05, 4.69) is 0 Å². The number of fused-ring (bicyclic) bond motifs is 1. The Morgan fingerprint density at radius 1 is 1.21 bits per heavy atom. The van der Waals surface area contributed by atoms with Crippen molar-refractivity contribution in [2.75, 3.05) is 11.4 Å². The fourth-order valence-corrected chi connectivity index (χ4v) is 5.67. The molecule has 0 aliphatic carbocycles. The van der Waals surface area contributed by atoms with Crippen LogP contribution in [-0.2, 0) is 32.2 Å². The minimum Gasteiger partial charge on any atom is -0.469 e. The molecule has 0 fully saturated rings. The number of anilines is 1. The van der Waals surface area contributed by atoms with Gasteiger partial charge in [-0.15, -0.1) is 0 Å². The zero-order valence-corrected chi connectivity index (χ0v) is 18.4. The van der Waals surface area contributed by atoms with E-state index in [1.165, 1.54) is 7.11 Å². The molecule has 0 bridgehead atoms. The molecular weight excluding hydrogens is 522 g/mol. The highest BCUT2D eigenvalue weighted by molar-refractivity contribution is 14.1. The van der Waals surface area contributed by atoms with Crippen LogP contribution in [-0.4, -0.2) is 27.5 Å². The van der Waals surface area contributed by atoms with Crippen molar-refractivity contribution in [1.82, 2.24) is 0 Å². The average Bonchev–Trinajstić information content (AvgIpc) is 2.66. The molecule has 0 amide bonds. The molecule has 2 atom stereocenters. The van der Waals surface area contributed by atoms with Gasteiger partial charge in [-0.3, -0.25) is 9.10 Å². The van der Waals surface area contributed by atoms with Gasteiger partial charge in [0.05, 0.1) is 35.2 Å². The Labute approximate surface area is 180 Å². The highest BCUT2D eigenvalue weighted by Crippen LogP contribution is 2.40. The average molecular weight is 539 g/mol. The van der Waals surface area contributed by atoms with Crippen molar-refractivity contribution in [1.29, 1.82) is 0 Å². The fourth-order valence-electron chi connectivity index (χ4n) is 3.43. The number of alkyl halides is 3. The maximum atomic E-state index is 13.4. The number of sulfonamides is 1. The minimum absolute atomic E-state index is 0.273. The van der Waals surface area contributed by atoms with Crippen LogP contribution in [0, 0.1) is 9.49 Å². The highest BCUT2D eigenvalue weighted by atomic mass is 127. The lowest BCUT2D eigenvalue weighted by molar-refractivity contribution is -0.146. The monoisotopic (exact) mass is 539 g/mol. The lowest BCUT2D eigenvalue weighted by Gasteiger charge is -2.40. The Morgan fingerprint density at radius 2 is 1.90 bits per heavy atom. The first-order valence-corrected chi connectivity index (χ1v) is 11.1. The number of carbonyl (C=O) groups is 1. The number of methoxy groups -OCH3 is 1. The van der Waals surface area contributed by atoms with Crippen molar-refractivity contribution in [2.45, 2.75) is 30.5 Å². The van der Waals surface area contributed by atoms with Crippen molar-refractivity contribution in [3.8, 4) is 0 Å². The molecule has 5 nitrogen and oxygen atoms in total. The molecule has 0 N–H and O–H groups in total. The van der Waals surface area contributed by atoms with Gasteiger partial charge in [0, 0.05) is 3.57 Å². The lowest BCUT2D eigenvalue weighted by atomic mass is 9.88. The molecule has 1 aliphatic heterocycles. The first-order valence-electron chi connectivity index (χ1n) is 8.54. The number of halogens is 4. The first-order chi connectivity index (χ1) is 13.5. The number of rotatable bonds is 3. The van der Waals surface area contributed by atoms with Crippen LogP contribution in [0.3, 0.4) is 0 Å². The van der Waals surface area contributed by atoms with Crippen LogP contribution in [0.4, 0.5) is 18.9 Å².